The van der Waals surface area contributed by atoms with E-state index in [1.54, 1.807) is 0 Å². The second kappa shape index (κ2) is 13.7. The first kappa shape index (κ1) is 31.7. The lowest BCUT2D eigenvalue weighted by molar-refractivity contribution is 0.692. The SMILES string of the molecule is CC1=CC(C)=C(c2cc(-c3ccc(N(c4ccc(-c5ccccc5)cc4)C4C=CC(C5=CCCC=C5)=CC4)cc3)c(C)cc2C)CC1C. The van der Waals surface area contributed by atoms with Crippen LogP contribution >= 0.6 is 0 Å². The predicted molar refractivity (Wildman–Crippen MR) is 208 cm³/mol. The van der Waals surface area contributed by atoms with E-state index in [0.717, 1.165) is 25.7 Å². The van der Waals surface area contributed by atoms with E-state index in [-0.39, 0.29) is 6.04 Å². The van der Waals surface area contributed by atoms with Gasteiger partial charge < -0.3 is 4.90 Å². The zero-order chi connectivity index (χ0) is 33.2. The molecule has 1 heteroatoms. The van der Waals surface area contributed by atoms with E-state index < -0.39 is 0 Å². The molecule has 0 bridgehead atoms. The fourth-order valence-electron chi connectivity index (χ4n) is 7.63. The van der Waals surface area contributed by atoms with Crippen LogP contribution in [0.4, 0.5) is 11.4 Å². The maximum absolute atomic E-state index is 2.51. The minimum Gasteiger partial charge on any atom is -0.334 e. The number of benzene rings is 4. The molecule has 0 aromatic heterocycles. The number of hydrogen-bond donors (Lipinski definition) is 0. The summed E-state index contributed by atoms with van der Waals surface area (Å²) in [5.74, 6) is 0.579. The first-order valence-corrected chi connectivity index (χ1v) is 17.7. The van der Waals surface area contributed by atoms with Gasteiger partial charge in [0.2, 0.25) is 0 Å². The van der Waals surface area contributed by atoms with E-state index in [1.807, 2.05) is 0 Å². The van der Waals surface area contributed by atoms with Crippen molar-refractivity contribution in [2.45, 2.75) is 66.3 Å². The molecule has 0 aliphatic heterocycles. The van der Waals surface area contributed by atoms with Crippen molar-refractivity contribution in [2.75, 3.05) is 4.90 Å². The summed E-state index contributed by atoms with van der Waals surface area (Å²) in [4.78, 5) is 2.51. The van der Waals surface area contributed by atoms with Crippen molar-refractivity contribution in [3.63, 3.8) is 0 Å². The molecule has 7 rings (SSSR count). The molecule has 0 saturated heterocycles. The maximum atomic E-state index is 2.51. The van der Waals surface area contributed by atoms with Crippen molar-refractivity contribution in [3.05, 3.63) is 173 Å². The molecule has 0 heterocycles. The standard InChI is InChI=1S/C47H47N/c1-32-28-35(4)46(30-33(32)2)47-31-45(34(3)29-36(47)5)41-20-26-44(27-21-41)48(42-22-16-39(17-23-42)37-12-8-6-9-13-37)43-24-18-40(19-25-43)38-14-10-7-11-15-38/h6,8-10,12-24,26-29,31,33,43H,7,11,25,30H2,1-5H3. The van der Waals surface area contributed by atoms with Gasteiger partial charge in [0.15, 0.2) is 0 Å². The van der Waals surface area contributed by atoms with Gasteiger partial charge in [-0.2, -0.15) is 0 Å². The highest BCUT2D eigenvalue weighted by atomic mass is 15.2. The van der Waals surface area contributed by atoms with Crippen molar-refractivity contribution in [1.29, 1.82) is 0 Å². The first-order valence-electron chi connectivity index (χ1n) is 17.7. The lowest BCUT2D eigenvalue weighted by Crippen LogP contribution is -2.30. The van der Waals surface area contributed by atoms with Gasteiger partial charge in [0, 0.05) is 11.4 Å². The molecule has 1 nitrogen and oxygen atoms in total. The van der Waals surface area contributed by atoms with Crippen LogP contribution in [0, 0.1) is 19.8 Å². The van der Waals surface area contributed by atoms with Gasteiger partial charge in [-0.05, 0) is 151 Å². The Morgan fingerprint density at radius 1 is 0.625 bits per heavy atom. The quantitative estimate of drug-likeness (QED) is 0.197. The minimum absolute atomic E-state index is 0.225. The number of rotatable bonds is 7. The van der Waals surface area contributed by atoms with Gasteiger partial charge in [-0.15, -0.1) is 0 Å². The van der Waals surface area contributed by atoms with Gasteiger partial charge >= 0.3 is 0 Å². The van der Waals surface area contributed by atoms with Gasteiger partial charge in [-0.25, -0.2) is 0 Å². The van der Waals surface area contributed by atoms with Gasteiger partial charge in [0.05, 0.1) is 6.04 Å². The molecule has 0 saturated carbocycles. The molecule has 240 valence electrons. The molecule has 0 N–H and O–H groups in total. The van der Waals surface area contributed by atoms with Crippen LogP contribution in [0.1, 0.15) is 63.1 Å². The van der Waals surface area contributed by atoms with E-state index in [9.17, 15) is 0 Å². The van der Waals surface area contributed by atoms with Crippen molar-refractivity contribution in [3.8, 4) is 22.3 Å². The average Bonchev–Trinajstić information content (AvgIpc) is 3.12. The molecule has 0 spiro atoms. The van der Waals surface area contributed by atoms with Gasteiger partial charge in [0.25, 0.3) is 0 Å². The fourth-order valence-corrected chi connectivity index (χ4v) is 7.63. The van der Waals surface area contributed by atoms with Crippen LogP contribution in [-0.4, -0.2) is 6.04 Å². The Labute approximate surface area is 288 Å². The van der Waals surface area contributed by atoms with Crippen LogP contribution in [0.2, 0.25) is 0 Å². The lowest BCUT2D eigenvalue weighted by atomic mass is 9.80. The number of anilines is 2. The highest BCUT2D eigenvalue weighted by molar-refractivity contribution is 5.81. The minimum atomic E-state index is 0.225. The predicted octanol–water partition coefficient (Wildman–Crippen LogP) is 13.1. The van der Waals surface area contributed by atoms with Crippen LogP contribution in [0.25, 0.3) is 27.8 Å². The molecule has 0 radical (unpaired) electrons. The normalized spacial score (nSPS) is 19.1. The third kappa shape index (κ3) is 6.47. The summed E-state index contributed by atoms with van der Waals surface area (Å²) in [5.41, 5.74) is 18.6. The highest BCUT2D eigenvalue weighted by Gasteiger charge is 2.23. The summed E-state index contributed by atoms with van der Waals surface area (Å²) in [7, 11) is 0. The molecule has 48 heavy (non-hydrogen) atoms. The van der Waals surface area contributed by atoms with Crippen LogP contribution in [0.15, 0.2) is 156 Å². The van der Waals surface area contributed by atoms with Crippen LogP contribution < -0.4 is 4.90 Å². The van der Waals surface area contributed by atoms with Crippen molar-refractivity contribution in [2.24, 2.45) is 5.92 Å². The van der Waals surface area contributed by atoms with Crippen LogP contribution in [-0.2, 0) is 0 Å². The molecule has 2 atom stereocenters. The monoisotopic (exact) mass is 625 g/mol. The molecule has 3 aliphatic carbocycles. The lowest BCUT2D eigenvalue weighted by Gasteiger charge is -2.33. The maximum Gasteiger partial charge on any atom is 0.0560 e. The third-order valence-electron chi connectivity index (χ3n) is 10.6. The zero-order valence-electron chi connectivity index (χ0n) is 29.1. The Bertz CT molecular complexity index is 1990. The molecule has 3 aliphatic rings. The summed E-state index contributed by atoms with van der Waals surface area (Å²) in [6.45, 7) is 11.4. The summed E-state index contributed by atoms with van der Waals surface area (Å²) in [5, 5.41) is 0. The number of allylic oxidation sites excluding steroid dienone is 10. The Morgan fingerprint density at radius 3 is 1.92 bits per heavy atom. The number of hydrogen-bond acceptors (Lipinski definition) is 1. The topological polar surface area (TPSA) is 3.24 Å². The fraction of sp³-hybridized carbons (Fsp3) is 0.234. The van der Waals surface area contributed by atoms with Crippen molar-refractivity contribution in [1.82, 2.24) is 0 Å². The van der Waals surface area contributed by atoms with Crippen molar-refractivity contribution >= 4 is 16.9 Å². The van der Waals surface area contributed by atoms with E-state index in [0.29, 0.717) is 5.92 Å². The molecule has 0 amide bonds. The molecule has 4 aromatic carbocycles. The first-order chi connectivity index (χ1) is 23.4. The number of aryl methyl sites for hydroxylation is 2. The molecule has 4 aromatic rings. The van der Waals surface area contributed by atoms with E-state index in [4.69, 9.17) is 0 Å². The van der Waals surface area contributed by atoms with E-state index >= 15 is 0 Å². The molecule has 0 fully saturated rings. The smallest absolute Gasteiger partial charge is 0.0560 e. The van der Waals surface area contributed by atoms with Gasteiger partial charge in [-0.1, -0.05) is 116 Å². The van der Waals surface area contributed by atoms with Crippen LogP contribution in [0.5, 0.6) is 0 Å². The van der Waals surface area contributed by atoms with Crippen LogP contribution in [0.3, 0.4) is 0 Å². The van der Waals surface area contributed by atoms with E-state index in [1.165, 1.54) is 78.2 Å². The number of nitrogens with zero attached hydrogens (tertiary/aromatic N) is 1. The Kier molecular flexibility index (Phi) is 9.04. The average molecular weight is 626 g/mol. The van der Waals surface area contributed by atoms with Gasteiger partial charge in [-0.3, -0.25) is 0 Å². The Hall–Kier alpha value is -4.88. The second-order valence-electron chi connectivity index (χ2n) is 13.9. The van der Waals surface area contributed by atoms with Crippen molar-refractivity contribution < 1.29 is 0 Å². The summed E-state index contributed by atoms with van der Waals surface area (Å²) in [6, 6.07) is 34.1. The summed E-state index contributed by atoms with van der Waals surface area (Å²) in [6.07, 6.45) is 20.8. The third-order valence-corrected chi connectivity index (χ3v) is 10.6. The molecule has 2 unspecified atom stereocenters. The van der Waals surface area contributed by atoms with E-state index in [2.05, 4.69) is 173 Å². The zero-order valence-corrected chi connectivity index (χ0v) is 29.1. The Morgan fingerprint density at radius 2 is 1.27 bits per heavy atom. The summed E-state index contributed by atoms with van der Waals surface area (Å²) < 4.78 is 0. The molecular formula is C47H47N. The second-order valence-corrected chi connectivity index (χ2v) is 13.9. The largest absolute Gasteiger partial charge is 0.334 e. The summed E-state index contributed by atoms with van der Waals surface area (Å²) >= 11 is 0. The highest BCUT2D eigenvalue weighted by Crippen LogP contribution is 2.40. The molecular weight excluding hydrogens is 579 g/mol. The van der Waals surface area contributed by atoms with Gasteiger partial charge in [0.1, 0.15) is 0 Å². The Balaban J connectivity index is 1.23.